The number of likely N-dealkylation sites (N-methyl/N-ethyl adjacent to an activating group) is 1. The highest BCUT2D eigenvalue weighted by Gasteiger charge is 2.18. The lowest BCUT2D eigenvalue weighted by Crippen LogP contribution is -2.43. The van der Waals surface area contributed by atoms with Gasteiger partial charge >= 0.3 is 0 Å². The van der Waals surface area contributed by atoms with E-state index in [0.717, 1.165) is 60.8 Å². The second kappa shape index (κ2) is 8.49. The minimum absolute atomic E-state index is 0.143. The predicted octanol–water partition coefficient (Wildman–Crippen LogP) is 3.22. The van der Waals surface area contributed by atoms with E-state index in [0.29, 0.717) is 5.95 Å². The summed E-state index contributed by atoms with van der Waals surface area (Å²) in [6.45, 7) is 11.0. The van der Waals surface area contributed by atoms with Gasteiger partial charge in [-0.15, -0.1) is 0 Å². The third kappa shape index (κ3) is 4.66. The zero-order valence-corrected chi connectivity index (χ0v) is 18.0. The molecule has 1 fully saturated rings. The van der Waals surface area contributed by atoms with Gasteiger partial charge < -0.3 is 10.2 Å². The maximum Gasteiger partial charge on any atom is 0.229 e. The van der Waals surface area contributed by atoms with Crippen molar-refractivity contribution in [3.63, 3.8) is 0 Å². The van der Waals surface area contributed by atoms with Crippen LogP contribution in [0.2, 0.25) is 0 Å². The molecule has 3 aromatic rings. The molecule has 3 heterocycles. The molecule has 0 radical (unpaired) electrons. The average molecular weight is 410 g/mol. The fourth-order valence-corrected chi connectivity index (χ4v) is 3.76. The van der Waals surface area contributed by atoms with E-state index in [-0.39, 0.29) is 5.82 Å². The van der Waals surface area contributed by atoms with Crippen molar-refractivity contribution in [1.82, 2.24) is 29.5 Å². The fraction of sp³-hybridized carbons (Fsp3) is 0.409. The van der Waals surface area contributed by atoms with E-state index >= 15 is 0 Å². The molecular weight excluding hydrogens is 381 g/mol. The number of hydrogen-bond acceptors (Lipinski definition) is 6. The minimum Gasteiger partial charge on any atom is -0.324 e. The van der Waals surface area contributed by atoms with Gasteiger partial charge in [-0.05, 0) is 51.1 Å². The second-order valence-electron chi connectivity index (χ2n) is 8.13. The largest absolute Gasteiger partial charge is 0.324 e. The predicted molar refractivity (Wildman–Crippen MR) is 116 cm³/mol. The van der Waals surface area contributed by atoms with Crippen molar-refractivity contribution in [3.8, 4) is 5.82 Å². The molecule has 1 aliphatic heterocycles. The van der Waals surface area contributed by atoms with Gasteiger partial charge in [-0.2, -0.15) is 10.1 Å². The van der Waals surface area contributed by atoms with Crippen LogP contribution in [0.25, 0.3) is 5.82 Å². The SMILES string of the molecule is Cc1cc(C)cc(Nc2ncc(F)c(-n3cc(CN4CCN(C)CC4)c(C)n3)n2)c1. The maximum atomic E-state index is 14.5. The van der Waals surface area contributed by atoms with Crippen LogP contribution in [-0.2, 0) is 6.54 Å². The molecule has 7 nitrogen and oxygen atoms in total. The average Bonchev–Trinajstić information content (AvgIpc) is 3.04. The smallest absolute Gasteiger partial charge is 0.229 e. The fourth-order valence-electron chi connectivity index (χ4n) is 3.76. The van der Waals surface area contributed by atoms with Crippen LogP contribution >= 0.6 is 0 Å². The minimum atomic E-state index is -0.505. The van der Waals surface area contributed by atoms with E-state index in [1.165, 1.54) is 10.9 Å². The molecule has 158 valence electrons. The molecule has 1 saturated heterocycles. The van der Waals surface area contributed by atoms with Crippen molar-refractivity contribution in [2.75, 3.05) is 38.5 Å². The lowest BCUT2D eigenvalue weighted by molar-refractivity contribution is 0.148. The first-order chi connectivity index (χ1) is 14.4. The van der Waals surface area contributed by atoms with E-state index < -0.39 is 5.82 Å². The molecule has 2 aromatic heterocycles. The number of hydrogen-bond donors (Lipinski definition) is 1. The number of rotatable bonds is 5. The molecule has 0 aliphatic carbocycles. The number of nitrogens with zero attached hydrogens (tertiary/aromatic N) is 6. The van der Waals surface area contributed by atoms with Crippen LogP contribution < -0.4 is 5.32 Å². The molecule has 0 atom stereocenters. The van der Waals surface area contributed by atoms with E-state index in [1.807, 2.05) is 39.1 Å². The first-order valence-corrected chi connectivity index (χ1v) is 10.2. The Hall–Kier alpha value is -2.84. The lowest BCUT2D eigenvalue weighted by atomic mass is 10.1. The number of piperazine rings is 1. The molecule has 30 heavy (non-hydrogen) atoms. The summed E-state index contributed by atoms with van der Waals surface area (Å²) in [6.07, 6.45) is 3.06. The van der Waals surface area contributed by atoms with Crippen molar-refractivity contribution >= 4 is 11.6 Å². The topological polar surface area (TPSA) is 62.1 Å². The van der Waals surface area contributed by atoms with Gasteiger partial charge in [0, 0.05) is 50.2 Å². The lowest BCUT2D eigenvalue weighted by Gasteiger charge is -2.32. The van der Waals surface area contributed by atoms with Gasteiger partial charge in [0.25, 0.3) is 0 Å². The van der Waals surface area contributed by atoms with Crippen molar-refractivity contribution in [3.05, 3.63) is 58.8 Å². The van der Waals surface area contributed by atoms with Gasteiger partial charge in [-0.25, -0.2) is 14.1 Å². The summed E-state index contributed by atoms with van der Waals surface area (Å²) in [5.74, 6) is -0.0237. The van der Waals surface area contributed by atoms with Gasteiger partial charge in [0.15, 0.2) is 11.6 Å². The summed E-state index contributed by atoms with van der Waals surface area (Å²) in [5, 5.41) is 7.69. The normalized spacial score (nSPS) is 15.5. The Bertz CT molecular complexity index is 1020. The molecule has 0 amide bonds. The molecule has 1 N–H and O–H groups in total. The van der Waals surface area contributed by atoms with Crippen LogP contribution in [0.3, 0.4) is 0 Å². The van der Waals surface area contributed by atoms with Crippen molar-refractivity contribution < 1.29 is 4.39 Å². The van der Waals surface area contributed by atoms with Crippen LogP contribution in [0.5, 0.6) is 0 Å². The molecule has 0 unspecified atom stereocenters. The second-order valence-corrected chi connectivity index (χ2v) is 8.13. The molecule has 0 spiro atoms. The Morgan fingerprint density at radius 2 is 1.73 bits per heavy atom. The Labute approximate surface area is 176 Å². The molecule has 0 saturated carbocycles. The highest BCUT2D eigenvalue weighted by molar-refractivity contribution is 5.56. The quantitative estimate of drug-likeness (QED) is 0.698. The third-order valence-corrected chi connectivity index (χ3v) is 5.41. The first kappa shape index (κ1) is 20.4. The number of nitrogens with one attached hydrogen (secondary N) is 1. The van der Waals surface area contributed by atoms with Crippen LogP contribution in [0.4, 0.5) is 16.0 Å². The number of aryl methyl sites for hydroxylation is 3. The van der Waals surface area contributed by atoms with Gasteiger partial charge in [0.2, 0.25) is 5.95 Å². The van der Waals surface area contributed by atoms with Crippen LogP contribution in [0.1, 0.15) is 22.4 Å². The van der Waals surface area contributed by atoms with Gasteiger partial charge in [0.05, 0.1) is 11.9 Å². The van der Waals surface area contributed by atoms with E-state index in [4.69, 9.17) is 0 Å². The maximum absolute atomic E-state index is 14.5. The summed E-state index contributed by atoms with van der Waals surface area (Å²) < 4.78 is 16.1. The van der Waals surface area contributed by atoms with Gasteiger partial charge in [-0.1, -0.05) is 6.07 Å². The van der Waals surface area contributed by atoms with Gasteiger partial charge in [0.1, 0.15) is 0 Å². The zero-order valence-electron chi connectivity index (χ0n) is 18.0. The van der Waals surface area contributed by atoms with Crippen molar-refractivity contribution in [2.45, 2.75) is 27.3 Å². The molecule has 1 aliphatic rings. The van der Waals surface area contributed by atoms with E-state index in [2.05, 4.69) is 43.3 Å². The standard InChI is InChI=1S/C22H28FN7/c1-15-9-16(2)11-19(10-15)25-22-24-12-20(23)21(26-22)30-14-18(17(3)27-30)13-29-7-5-28(4)6-8-29/h9-12,14H,5-8,13H2,1-4H3,(H,24,25,26). The van der Waals surface area contributed by atoms with Crippen LogP contribution in [0.15, 0.2) is 30.6 Å². The molecule has 8 heteroatoms. The van der Waals surface area contributed by atoms with Crippen molar-refractivity contribution in [1.29, 1.82) is 0 Å². The Balaban J connectivity index is 1.55. The highest BCUT2D eigenvalue weighted by atomic mass is 19.1. The van der Waals surface area contributed by atoms with Crippen molar-refractivity contribution in [2.24, 2.45) is 0 Å². The Morgan fingerprint density at radius 1 is 1.03 bits per heavy atom. The molecule has 4 rings (SSSR count). The molecule has 0 bridgehead atoms. The van der Waals surface area contributed by atoms with E-state index in [9.17, 15) is 4.39 Å². The van der Waals surface area contributed by atoms with Crippen LogP contribution in [-0.4, -0.2) is 62.8 Å². The summed E-state index contributed by atoms with van der Waals surface area (Å²) >= 11 is 0. The molecular formula is C22H28FN7. The van der Waals surface area contributed by atoms with Gasteiger partial charge in [-0.3, -0.25) is 4.90 Å². The highest BCUT2D eigenvalue weighted by Crippen LogP contribution is 2.20. The number of halogens is 1. The summed E-state index contributed by atoms with van der Waals surface area (Å²) in [4.78, 5) is 13.2. The van der Waals surface area contributed by atoms with E-state index in [1.54, 1.807) is 0 Å². The third-order valence-electron chi connectivity index (χ3n) is 5.41. The number of aromatic nitrogens is 4. The number of anilines is 2. The van der Waals surface area contributed by atoms with Crippen LogP contribution in [0, 0.1) is 26.6 Å². The number of benzene rings is 1. The monoisotopic (exact) mass is 409 g/mol. The molecule has 1 aromatic carbocycles. The summed E-state index contributed by atoms with van der Waals surface area (Å²) in [7, 11) is 2.14. The summed E-state index contributed by atoms with van der Waals surface area (Å²) in [6, 6.07) is 6.10. The Morgan fingerprint density at radius 3 is 2.43 bits per heavy atom. The summed E-state index contributed by atoms with van der Waals surface area (Å²) in [5.41, 5.74) is 5.11. The zero-order chi connectivity index (χ0) is 21.3. The first-order valence-electron chi connectivity index (χ1n) is 10.2. The Kier molecular flexibility index (Phi) is 5.78.